The summed E-state index contributed by atoms with van der Waals surface area (Å²) in [5.74, 6) is -0.538. The summed E-state index contributed by atoms with van der Waals surface area (Å²) in [6.07, 6.45) is -0.0118. The number of hydrogen-bond acceptors (Lipinski definition) is 6. The summed E-state index contributed by atoms with van der Waals surface area (Å²) in [7, 11) is 6.92. The van der Waals surface area contributed by atoms with E-state index in [9.17, 15) is 14.7 Å². The summed E-state index contributed by atoms with van der Waals surface area (Å²) in [6, 6.07) is 10.9. The topological polar surface area (TPSA) is 92.6 Å². The molecule has 1 amide bonds. The van der Waals surface area contributed by atoms with Crippen LogP contribution in [-0.2, 0) is 9.59 Å². The van der Waals surface area contributed by atoms with Gasteiger partial charge in [-0.3, -0.25) is 9.59 Å². The summed E-state index contributed by atoms with van der Waals surface area (Å²) in [5, 5.41) is 13.6. The number of carbonyl (C=O) groups is 2. The molecule has 0 aliphatic carbocycles. The van der Waals surface area contributed by atoms with Gasteiger partial charge in [0.15, 0.2) is 11.5 Å². The van der Waals surface area contributed by atoms with Crippen molar-refractivity contribution in [3.05, 3.63) is 59.2 Å². The largest absolute Gasteiger partial charge is 0.872 e. The average molecular weight is 469 g/mol. The van der Waals surface area contributed by atoms with Crippen molar-refractivity contribution in [2.75, 3.05) is 41.4 Å². The predicted molar refractivity (Wildman–Crippen MR) is 126 cm³/mol. The van der Waals surface area contributed by atoms with E-state index in [0.717, 1.165) is 4.90 Å². The Labute approximate surface area is 200 Å². The molecule has 2 aromatic rings. The fourth-order valence-electron chi connectivity index (χ4n) is 4.01. The zero-order chi connectivity index (χ0) is 25.0. The quantitative estimate of drug-likeness (QED) is 0.333. The minimum atomic E-state index is -0.886. The Morgan fingerprint density at radius 3 is 2.29 bits per heavy atom. The smallest absolute Gasteiger partial charge is 0.295 e. The zero-order valence-electron chi connectivity index (χ0n) is 20.5. The van der Waals surface area contributed by atoms with Crippen LogP contribution >= 0.6 is 0 Å². The van der Waals surface area contributed by atoms with Gasteiger partial charge in [0, 0.05) is 11.1 Å². The van der Waals surface area contributed by atoms with Gasteiger partial charge in [-0.25, -0.2) is 0 Å². The van der Waals surface area contributed by atoms with Crippen molar-refractivity contribution in [1.29, 1.82) is 0 Å². The van der Waals surface area contributed by atoms with Gasteiger partial charge in [-0.15, -0.1) is 0 Å². The van der Waals surface area contributed by atoms with Crippen LogP contribution in [0.2, 0.25) is 0 Å². The standard InChI is InChI=1S/C26H32N2O6/c1-16(2)34-18-12-10-17(11-13-18)23(29)21-22(19-8-7-9-20(32-5)25(19)33-6)28(15-14-27(3)4)26(31)24(21)30/h7-13,16,22,29H,14-15H2,1-6H3/b23-21+. The van der Waals surface area contributed by atoms with E-state index in [1.165, 1.54) is 19.1 Å². The van der Waals surface area contributed by atoms with Gasteiger partial charge in [0.2, 0.25) is 5.78 Å². The number of benzene rings is 2. The number of nitrogens with one attached hydrogen (secondary N) is 1. The zero-order valence-corrected chi connectivity index (χ0v) is 20.5. The molecule has 34 heavy (non-hydrogen) atoms. The molecule has 1 aliphatic rings. The van der Waals surface area contributed by atoms with Crippen molar-refractivity contribution in [3.63, 3.8) is 0 Å². The lowest BCUT2D eigenvalue weighted by Crippen LogP contribution is -3.06. The van der Waals surface area contributed by atoms with Gasteiger partial charge in [-0.1, -0.05) is 30.0 Å². The molecule has 1 unspecified atom stereocenters. The minimum Gasteiger partial charge on any atom is -0.872 e. The van der Waals surface area contributed by atoms with Gasteiger partial charge >= 0.3 is 0 Å². The molecule has 8 nitrogen and oxygen atoms in total. The van der Waals surface area contributed by atoms with Crippen molar-refractivity contribution in [2.45, 2.75) is 26.0 Å². The second-order valence-corrected chi connectivity index (χ2v) is 8.70. The number of likely N-dealkylation sites (N-methyl/N-ethyl adjacent to an activating group) is 1. The summed E-state index contributed by atoms with van der Waals surface area (Å²) >= 11 is 0. The maximum absolute atomic E-state index is 13.6. The van der Waals surface area contributed by atoms with Crippen LogP contribution in [-0.4, -0.2) is 64.1 Å². The van der Waals surface area contributed by atoms with Crippen LogP contribution in [0.5, 0.6) is 17.2 Å². The molecule has 1 fully saturated rings. The summed E-state index contributed by atoms with van der Waals surface area (Å²) < 4.78 is 16.7. The summed E-state index contributed by atoms with van der Waals surface area (Å²) in [5.41, 5.74) is 0.736. The fourth-order valence-corrected chi connectivity index (χ4v) is 4.01. The number of ketones is 1. The lowest BCUT2D eigenvalue weighted by atomic mass is 9.94. The van der Waals surface area contributed by atoms with Crippen molar-refractivity contribution in [3.8, 4) is 17.2 Å². The third kappa shape index (κ3) is 5.02. The molecule has 1 heterocycles. The van der Waals surface area contributed by atoms with Crippen LogP contribution in [0.4, 0.5) is 0 Å². The molecule has 3 rings (SSSR count). The highest BCUT2D eigenvalue weighted by atomic mass is 16.5. The van der Waals surface area contributed by atoms with E-state index < -0.39 is 23.5 Å². The number of hydrogen-bond donors (Lipinski definition) is 1. The molecule has 1 atom stereocenters. The number of carbonyl (C=O) groups excluding carboxylic acids is 2. The fraction of sp³-hybridized carbons (Fsp3) is 0.385. The molecule has 1 saturated heterocycles. The molecule has 182 valence electrons. The van der Waals surface area contributed by atoms with Crippen molar-refractivity contribution < 1.29 is 33.8 Å². The number of para-hydroxylation sites is 1. The van der Waals surface area contributed by atoms with E-state index in [1.807, 2.05) is 27.9 Å². The van der Waals surface area contributed by atoms with Crippen molar-refractivity contribution in [2.24, 2.45) is 0 Å². The Morgan fingerprint density at radius 2 is 1.74 bits per heavy atom. The van der Waals surface area contributed by atoms with Gasteiger partial charge in [0.1, 0.15) is 5.75 Å². The van der Waals surface area contributed by atoms with Crippen LogP contribution in [0.3, 0.4) is 0 Å². The maximum Gasteiger partial charge on any atom is 0.295 e. The van der Waals surface area contributed by atoms with Gasteiger partial charge in [-0.2, -0.15) is 0 Å². The molecule has 2 aromatic carbocycles. The number of rotatable bonds is 9. The summed E-state index contributed by atoms with van der Waals surface area (Å²) in [6.45, 7) is 4.72. The minimum absolute atomic E-state index is 0.0118. The normalized spacial score (nSPS) is 17.5. The third-order valence-corrected chi connectivity index (χ3v) is 5.60. The van der Waals surface area contributed by atoms with Crippen LogP contribution in [0, 0.1) is 0 Å². The molecule has 8 heteroatoms. The average Bonchev–Trinajstić information content (AvgIpc) is 3.06. The molecule has 0 bridgehead atoms. The molecule has 0 aromatic heterocycles. The number of quaternary nitrogens is 1. The molecule has 0 radical (unpaired) electrons. The SMILES string of the molecule is COc1cccc(C2/C(=C(\[O-])c3ccc(OC(C)C)cc3)C(=O)C(=O)N2CC[NH+](C)C)c1OC. The van der Waals surface area contributed by atoms with Crippen molar-refractivity contribution in [1.82, 2.24) is 4.90 Å². The summed E-state index contributed by atoms with van der Waals surface area (Å²) in [4.78, 5) is 28.8. The van der Waals surface area contributed by atoms with Gasteiger partial charge in [-0.05, 0) is 37.6 Å². The van der Waals surface area contributed by atoms with E-state index >= 15 is 0 Å². The Kier molecular flexibility index (Phi) is 7.83. The second-order valence-electron chi connectivity index (χ2n) is 8.70. The first-order valence-electron chi connectivity index (χ1n) is 11.2. The molecule has 0 saturated carbocycles. The van der Waals surface area contributed by atoms with Gasteiger partial charge in [0.05, 0.1) is 53.6 Å². The second kappa shape index (κ2) is 10.6. The van der Waals surface area contributed by atoms with E-state index in [1.54, 1.807) is 42.5 Å². The Bertz CT molecular complexity index is 1080. The highest BCUT2D eigenvalue weighted by molar-refractivity contribution is 6.46. The number of likely N-dealkylation sites (tertiary alicyclic amines) is 1. The van der Waals surface area contributed by atoms with Crippen LogP contribution < -0.4 is 24.2 Å². The number of nitrogens with zero attached hydrogens (tertiary/aromatic N) is 1. The lowest BCUT2D eigenvalue weighted by molar-refractivity contribution is -0.857. The lowest BCUT2D eigenvalue weighted by Gasteiger charge is -2.29. The first-order valence-corrected chi connectivity index (χ1v) is 11.2. The molecular weight excluding hydrogens is 436 g/mol. The van der Waals surface area contributed by atoms with Crippen LogP contribution in [0.15, 0.2) is 48.0 Å². The number of amides is 1. The van der Waals surface area contributed by atoms with Crippen molar-refractivity contribution >= 4 is 17.4 Å². The Hall–Kier alpha value is -3.52. The predicted octanol–water partition coefficient (Wildman–Crippen LogP) is 0.860. The highest BCUT2D eigenvalue weighted by Gasteiger charge is 2.45. The molecule has 1 N–H and O–H groups in total. The van der Waals surface area contributed by atoms with E-state index in [-0.39, 0.29) is 11.7 Å². The van der Waals surface area contributed by atoms with Gasteiger partial charge < -0.3 is 29.1 Å². The van der Waals surface area contributed by atoms with Gasteiger partial charge in [0.25, 0.3) is 5.91 Å². The first kappa shape index (κ1) is 25.1. The van der Waals surface area contributed by atoms with E-state index in [0.29, 0.717) is 41.5 Å². The molecular formula is C26H32N2O6. The highest BCUT2D eigenvalue weighted by Crippen LogP contribution is 2.44. The van der Waals surface area contributed by atoms with Crippen LogP contribution in [0.1, 0.15) is 31.0 Å². The molecule has 1 aliphatic heterocycles. The van der Waals surface area contributed by atoms with Crippen LogP contribution in [0.25, 0.3) is 5.76 Å². The number of ether oxygens (including phenoxy) is 3. The monoisotopic (exact) mass is 468 g/mol. The van der Waals surface area contributed by atoms with E-state index in [4.69, 9.17) is 14.2 Å². The Balaban J connectivity index is 2.17. The van der Waals surface area contributed by atoms with E-state index in [2.05, 4.69) is 0 Å². The number of methoxy groups -OCH3 is 2. The first-order chi connectivity index (χ1) is 16.2. The number of Topliss-reactive ketones (excluding diaryl/α,β-unsaturated/α-hetero) is 1. The molecule has 0 spiro atoms. The Morgan fingerprint density at radius 1 is 1.06 bits per heavy atom. The maximum atomic E-state index is 13.6. The third-order valence-electron chi connectivity index (χ3n) is 5.60.